The number of sulfone groups is 1. The Kier molecular flexibility index (Phi) is 6.15. The van der Waals surface area contributed by atoms with Crippen molar-refractivity contribution < 1.29 is 13.2 Å². The van der Waals surface area contributed by atoms with Gasteiger partial charge in [0.25, 0.3) is 5.91 Å². The van der Waals surface area contributed by atoms with Gasteiger partial charge in [-0.3, -0.25) is 4.79 Å². The average molecular weight is 354 g/mol. The second-order valence-electron chi connectivity index (χ2n) is 6.18. The molecule has 2 heterocycles. The summed E-state index contributed by atoms with van der Waals surface area (Å²) < 4.78 is 23.4. The molecule has 2 rings (SSSR count). The Morgan fingerprint density at radius 1 is 1.29 bits per heavy atom. The van der Waals surface area contributed by atoms with Gasteiger partial charge in [0.2, 0.25) is 0 Å². The number of amides is 1. The summed E-state index contributed by atoms with van der Waals surface area (Å²) >= 11 is 0. The largest absolute Gasteiger partial charge is 0.352 e. The Balaban J connectivity index is 2.08. The Labute approximate surface area is 144 Å². The van der Waals surface area contributed by atoms with Crippen molar-refractivity contribution in [3.8, 4) is 0 Å². The zero-order chi connectivity index (χ0) is 17.7. The molecular weight excluding hydrogens is 328 g/mol. The van der Waals surface area contributed by atoms with Gasteiger partial charge in [-0.15, -0.1) is 0 Å². The smallest absolute Gasteiger partial charge is 0.273 e. The third-order valence-electron chi connectivity index (χ3n) is 4.34. The number of nitrogens with zero attached hydrogens (tertiary/aromatic N) is 4. The van der Waals surface area contributed by atoms with Crippen LogP contribution in [0, 0.1) is 0 Å². The molecule has 1 fully saturated rings. The van der Waals surface area contributed by atoms with Crippen molar-refractivity contribution in [1.29, 1.82) is 0 Å². The van der Waals surface area contributed by atoms with E-state index in [0.29, 0.717) is 31.0 Å². The fourth-order valence-corrected chi connectivity index (χ4v) is 4.63. The summed E-state index contributed by atoms with van der Waals surface area (Å²) in [6.45, 7) is 5.39. The topological polar surface area (TPSA) is 83.5 Å². The molecular formula is C16H26N4O3S. The van der Waals surface area contributed by atoms with Gasteiger partial charge in [-0.2, -0.15) is 0 Å². The number of hydrogen-bond acceptors (Lipinski definition) is 6. The number of carbonyl (C=O) groups excluding carboxylic acids is 1. The highest BCUT2D eigenvalue weighted by Crippen LogP contribution is 2.22. The average Bonchev–Trinajstić information content (AvgIpc) is 2.93. The van der Waals surface area contributed by atoms with Gasteiger partial charge < -0.3 is 9.80 Å². The SMILES string of the molecule is CCCCN(C)C(=O)c1cnc(N(CC)C2CCS(=O)(=O)C2)cn1. The van der Waals surface area contributed by atoms with E-state index < -0.39 is 9.84 Å². The fourth-order valence-electron chi connectivity index (χ4n) is 2.90. The molecule has 0 spiro atoms. The van der Waals surface area contributed by atoms with Crippen molar-refractivity contribution in [2.24, 2.45) is 0 Å². The summed E-state index contributed by atoms with van der Waals surface area (Å²) in [6.07, 6.45) is 5.63. The third kappa shape index (κ3) is 4.43. The van der Waals surface area contributed by atoms with Crippen molar-refractivity contribution in [2.45, 2.75) is 39.2 Å². The normalized spacial score (nSPS) is 19.2. The molecule has 0 saturated carbocycles. The van der Waals surface area contributed by atoms with Crippen LogP contribution in [-0.2, 0) is 9.84 Å². The number of rotatable bonds is 7. The van der Waals surface area contributed by atoms with Crippen LogP contribution in [0.3, 0.4) is 0 Å². The molecule has 1 aromatic heterocycles. The van der Waals surface area contributed by atoms with E-state index in [1.807, 2.05) is 11.8 Å². The van der Waals surface area contributed by atoms with Crippen molar-refractivity contribution >= 4 is 21.6 Å². The molecule has 1 aliphatic rings. The molecule has 0 aliphatic carbocycles. The van der Waals surface area contributed by atoms with Gasteiger partial charge in [0.05, 0.1) is 23.9 Å². The molecule has 1 unspecified atom stereocenters. The minimum Gasteiger partial charge on any atom is -0.352 e. The van der Waals surface area contributed by atoms with Crippen LogP contribution in [0.5, 0.6) is 0 Å². The Hall–Kier alpha value is -1.70. The number of unbranched alkanes of at least 4 members (excludes halogenated alkanes) is 1. The van der Waals surface area contributed by atoms with Crippen molar-refractivity contribution in [1.82, 2.24) is 14.9 Å². The van der Waals surface area contributed by atoms with Crippen LogP contribution in [0.1, 0.15) is 43.6 Å². The lowest BCUT2D eigenvalue weighted by Crippen LogP contribution is -2.37. The fraction of sp³-hybridized carbons (Fsp3) is 0.688. The maximum atomic E-state index is 12.3. The van der Waals surface area contributed by atoms with E-state index in [-0.39, 0.29) is 23.5 Å². The first-order valence-corrected chi connectivity index (χ1v) is 10.2. The zero-order valence-corrected chi connectivity index (χ0v) is 15.4. The lowest BCUT2D eigenvalue weighted by atomic mass is 10.2. The summed E-state index contributed by atoms with van der Waals surface area (Å²) in [5, 5.41) is 0. The third-order valence-corrected chi connectivity index (χ3v) is 6.09. The van der Waals surface area contributed by atoms with Crippen LogP contribution >= 0.6 is 0 Å². The van der Waals surface area contributed by atoms with E-state index in [2.05, 4.69) is 16.9 Å². The Bertz CT molecular complexity index is 660. The monoisotopic (exact) mass is 354 g/mol. The van der Waals surface area contributed by atoms with Crippen LogP contribution in [0.25, 0.3) is 0 Å². The van der Waals surface area contributed by atoms with Crippen LogP contribution in [0.4, 0.5) is 5.82 Å². The minimum absolute atomic E-state index is 0.0666. The summed E-state index contributed by atoms with van der Waals surface area (Å²) in [5.74, 6) is 0.852. The highest BCUT2D eigenvalue weighted by atomic mass is 32.2. The first kappa shape index (κ1) is 18.6. The first-order valence-electron chi connectivity index (χ1n) is 8.42. The second-order valence-corrected chi connectivity index (χ2v) is 8.41. The number of carbonyl (C=O) groups is 1. The molecule has 7 nitrogen and oxygen atoms in total. The number of hydrogen-bond donors (Lipinski definition) is 0. The van der Waals surface area contributed by atoms with E-state index in [0.717, 1.165) is 12.8 Å². The standard InChI is InChI=1S/C16H26N4O3S/c1-4-6-8-19(3)16(21)14-10-18-15(11-17-14)20(5-2)13-7-9-24(22,23)12-13/h10-11,13H,4-9,12H2,1-3H3. The summed E-state index contributed by atoms with van der Waals surface area (Å²) in [6, 6.07) is -0.0666. The predicted molar refractivity (Wildman–Crippen MR) is 94.0 cm³/mol. The van der Waals surface area contributed by atoms with Crippen LogP contribution in [0.15, 0.2) is 12.4 Å². The quantitative estimate of drug-likeness (QED) is 0.735. The van der Waals surface area contributed by atoms with Crippen LogP contribution < -0.4 is 4.90 Å². The Morgan fingerprint density at radius 2 is 2.04 bits per heavy atom. The molecule has 0 aromatic carbocycles. The number of anilines is 1. The lowest BCUT2D eigenvalue weighted by Gasteiger charge is -2.27. The van der Waals surface area contributed by atoms with Crippen molar-refractivity contribution in [3.05, 3.63) is 18.1 Å². The molecule has 0 radical (unpaired) electrons. The summed E-state index contributed by atoms with van der Waals surface area (Å²) in [4.78, 5) is 24.5. The van der Waals surface area contributed by atoms with Crippen molar-refractivity contribution in [3.63, 3.8) is 0 Å². The maximum absolute atomic E-state index is 12.3. The van der Waals surface area contributed by atoms with Gasteiger partial charge in [-0.05, 0) is 19.8 Å². The molecule has 24 heavy (non-hydrogen) atoms. The first-order chi connectivity index (χ1) is 11.4. The summed E-state index contributed by atoms with van der Waals surface area (Å²) in [7, 11) is -1.19. The van der Waals surface area contributed by atoms with E-state index in [1.54, 1.807) is 18.1 Å². The van der Waals surface area contributed by atoms with Gasteiger partial charge in [0, 0.05) is 26.2 Å². The minimum atomic E-state index is -2.95. The van der Waals surface area contributed by atoms with E-state index >= 15 is 0 Å². The van der Waals surface area contributed by atoms with Gasteiger partial charge in [-0.25, -0.2) is 18.4 Å². The number of aromatic nitrogens is 2. The molecule has 0 bridgehead atoms. The summed E-state index contributed by atoms with van der Waals surface area (Å²) in [5.41, 5.74) is 0.312. The van der Waals surface area contributed by atoms with E-state index in [4.69, 9.17) is 0 Å². The molecule has 1 aliphatic heterocycles. The molecule has 1 aromatic rings. The molecule has 134 valence electrons. The highest BCUT2D eigenvalue weighted by Gasteiger charge is 2.32. The van der Waals surface area contributed by atoms with E-state index in [9.17, 15) is 13.2 Å². The van der Waals surface area contributed by atoms with Gasteiger partial charge >= 0.3 is 0 Å². The molecule has 1 amide bonds. The zero-order valence-electron chi connectivity index (χ0n) is 14.6. The highest BCUT2D eigenvalue weighted by molar-refractivity contribution is 7.91. The van der Waals surface area contributed by atoms with Gasteiger partial charge in [0.1, 0.15) is 11.5 Å². The predicted octanol–water partition coefficient (Wildman–Crippen LogP) is 1.36. The van der Waals surface area contributed by atoms with Gasteiger partial charge in [-0.1, -0.05) is 13.3 Å². The lowest BCUT2D eigenvalue weighted by molar-refractivity contribution is 0.0787. The van der Waals surface area contributed by atoms with Gasteiger partial charge in [0.15, 0.2) is 9.84 Å². The molecule has 1 saturated heterocycles. The molecule has 1 atom stereocenters. The molecule has 0 N–H and O–H groups in total. The maximum Gasteiger partial charge on any atom is 0.273 e. The van der Waals surface area contributed by atoms with Crippen molar-refractivity contribution in [2.75, 3.05) is 36.5 Å². The molecule has 8 heteroatoms. The van der Waals surface area contributed by atoms with Crippen LogP contribution in [0.2, 0.25) is 0 Å². The van der Waals surface area contributed by atoms with E-state index in [1.165, 1.54) is 6.20 Å². The van der Waals surface area contributed by atoms with Crippen LogP contribution in [-0.4, -0.2) is 66.9 Å². The Morgan fingerprint density at radius 3 is 2.54 bits per heavy atom. The second kappa shape index (κ2) is 7.92.